The molecule has 0 aromatic carbocycles. The molecular weight excluding hydrogens is 391 g/mol. The molecule has 0 saturated carbocycles. The Labute approximate surface area is 166 Å². The monoisotopic (exact) mass is 415 g/mol. The lowest BCUT2D eigenvalue weighted by molar-refractivity contribution is -0.139. The first-order valence-electron chi connectivity index (χ1n) is 9.01. The second kappa shape index (κ2) is 8.40. The maximum Gasteiger partial charge on any atom is 0.420 e. The largest absolute Gasteiger partial charge is 0.476 e. The molecule has 0 radical (unpaired) electrons. The van der Waals surface area contributed by atoms with Crippen LogP contribution in [0.2, 0.25) is 0 Å². The van der Waals surface area contributed by atoms with E-state index < -0.39 is 29.0 Å². The van der Waals surface area contributed by atoms with Gasteiger partial charge in [0.05, 0.1) is 18.3 Å². The minimum Gasteiger partial charge on any atom is -0.476 e. The molecule has 0 amide bonds. The summed E-state index contributed by atoms with van der Waals surface area (Å²) in [6, 6.07) is 0. The molecule has 0 aliphatic rings. The van der Waals surface area contributed by atoms with Gasteiger partial charge in [-0.3, -0.25) is 4.98 Å². The van der Waals surface area contributed by atoms with Crippen molar-refractivity contribution in [1.29, 1.82) is 0 Å². The maximum absolute atomic E-state index is 13.8. The number of carboxylic acids is 1. The Kier molecular flexibility index (Phi) is 6.56. The van der Waals surface area contributed by atoms with Crippen LogP contribution >= 0.6 is 0 Å². The van der Waals surface area contributed by atoms with Gasteiger partial charge in [-0.25, -0.2) is 9.48 Å². The zero-order valence-electron chi connectivity index (χ0n) is 16.9. The van der Waals surface area contributed by atoms with Gasteiger partial charge in [0.25, 0.3) is 0 Å². The van der Waals surface area contributed by atoms with Crippen LogP contribution in [0.1, 0.15) is 54.9 Å². The number of aromatic carboxylic acids is 1. The van der Waals surface area contributed by atoms with Crippen molar-refractivity contribution in [2.24, 2.45) is 0 Å². The molecule has 0 aliphatic heterocycles. The molecule has 2 rings (SSSR count). The van der Waals surface area contributed by atoms with E-state index in [1.165, 1.54) is 11.6 Å². The number of carbonyl (C=O) groups is 1. The van der Waals surface area contributed by atoms with Crippen molar-refractivity contribution in [2.75, 3.05) is 13.2 Å². The predicted octanol–water partition coefficient (Wildman–Crippen LogP) is 4.43. The van der Waals surface area contributed by atoms with Crippen molar-refractivity contribution < 1.29 is 32.5 Å². The number of halogens is 3. The number of aromatic nitrogens is 3. The molecule has 0 bridgehead atoms. The highest BCUT2D eigenvalue weighted by atomic mass is 19.4. The third-order valence-corrected chi connectivity index (χ3v) is 4.11. The highest BCUT2D eigenvalue weighted by Gasteiger charge is 2.38. The average Bonchev–Trinajstić information content (AvgIpc) is 2.91. The zero-order chi connectivity index (χ0) is 22.0. The van der Waals surface area contributed by atoms with Gasteiger partial charge in [-0.15, -0.1) is 0 Å². The Bertz CT molecular complexity index is 886. The molecule has 0 aliphatic carbocycles. The fourth-order valence-electron chi connectivity index (χ4n) is 2.76. The fraction of sp³-hybridized carbons (Fsp3) is 0.526. The number of carboxylic acid groups (broad SMARTS) is 1. The van der Waals surface area contributed by atoms with Crippen molar-refractivity contribution in [3.05, 3.63) is 34.8 Å². The summed E-state index contributed by atoms with van der Waals surface area (Å²) in [7, 11) is 0. The number of rotatable bonds is 7. The van der Waals surface area contributed by atoms with Gasteiger partial charge in [0, 0.05) is 18.4 Å². The quantitative estimate of drug-likeness (QED) is 0.674. The van der Waals surface area contributed by atoms with Crippen LogP contribution in [0.15, 0.2) is 12.4 Å². The van der Waals surface area contributed by atoms with E-state index in [2.05, 4.69) is 10.1 Å². The summed E-state index contributed by atoms with van der Waals surface area (Å²) in [6.45, 7) is 8.88. The molecule has 2 aromatic heterocycles. The van der Waals surface area contributed by atoms with E-state index in [1.54, 1.807) is 27.7 Å². The highest BCUT2D eigenvalue weighted by molar-refractivity contribution is 5.87. The van der Waals surface area contributed by atoms with Gasteiger partial charge in [-0.1, -0.05) is 0 Å². The molecule has 2 aromatic rings. The van der Waals surface area contributed by atoms with E-state index in [0.717, 1.165) is 12.4 Å². The van der Waals surface area contributed by atoms with Crippen molar-refractivity contribution in [3.63, 3.8) is 0 Å². The van der Waals surface area contributed by atoms with Gasteiger partial charge in [-0.2, -0.15) is 18.3 Å². The first-order valence-corrected chi connectivity index (χ1v) is 9.01. The number of ether oxygens (including phenoxy) is 2. The average molecular weight is 415 g/mol. The molecule has 10 heteroatoms. The van der Waals surface area contributed by atoms with Crippen LogP contribution in [-0.4, -0.2) is 39.1 Å². The molecule has 0 saturated heterocycles. The number of pyridine rings is 1. The van der Waals surface area contributed by atoms with Crippen molar-refractivity contribution in [3.8, 4) is 11.6 Å². The summed E-state index contributed by atoms with van der Waals surface area (Å²) >= 11 is 0. The van der Waals surface area contributed by atoms with Gasteiger partial charge in [0.15, 0.2) is 11.4 Å². The second-order valence-electron chi connectivity index (χ2n) is 7.39. The van der Waals surface area contributed by atoms with Crippen LogP contribution < -0.4 is 4.74 Å². The van der Waals surface area contributed by atoms with E-state index in [0.29, 0.717) is 6.61 Å². The van der Waals surface area contributed by atoms with Gasteiger partial charge >= 0.3 is 12.1 Å². The molecule has 2 heterocycles. The molecule has 0 fully saturated rings. The lowest BCUT2D eigenvalue weighted by Gasteiger charge is -2.23. The van der Waals surface area contributed by atoms with Gasteiger partial charge in [0.2, 0.25) is 5.88 Å². The molecule has 7 nitrogen and oxygen atoms in total. The third kappa shape index (κ3) is 5.06. The lowest BCUT2D eigenvalue weighted by atomic mass is 10.1. The molecular formula is C19H24F3N3O4. The highest BCUT2D eigenvalue weighted by Crippen LogP contribution is 2.41. The van der Waals surface area contributed by atoms with E-state index in [4.69, 9.17) is 9.47 Å². The minimum absolute atomic E-state index is 0.00474. The van der Waals surface area contributed by atoms with Crippen LogP contribution in [0.5, 0.6) is 11.6 Å². The van der Waals surface area contributed by atoms with Crippen molar-refractivity contribution in [1.82, 2.24) is 14.8 Å². The summed E-state index contributed by atoms with van der Waals surface area (Å²) in [5.74, 6) is -1.89. The smallest absolute Gasteiger partial charge is 0.420 e. The summed E-state index contributed by atoms with van der Waals surface area (Å²) in [4.78, 5) is 15.3. The number of hydrogen-bond donors (Lipinski definition) is 1. The van der Waals surface area contributed by atoms with Crippen molar-refractivity contribution >= 4 is 5.97 Å². The number of hydrogen-bond acceptors (Lipinski definition) is 5. The van der Waals surface area contributed by atoms with E-state index in [9.17, 15) is 23.1 Å². The Morgan fingerprint density at radius 2 is 1.90 bits per heavy atom. The molecule has 160 valence electrons. The fourth-order valence-corrected chi connectivity index (χ4v) is 2.76. The Hall–Kier alpha value is -2.62. The summed E-state index contributed by atoms with van der Waals surface area (Å²) in [5.41, 5.74) is -1.93. The first kappa shape index (κ1) is 22.7. The summed E-state index contributed by atoms with van der Waals surface area (Å²) < 4.78 is 53.5. The van der Waals surface area contributed by atoms with Crippen LogP contribution in [0.3, 0.4) is 0 Å². The van der Waals surface area contributed by atoms with E-state index in [1.807, 2.05) is 0 Å². The Morgan fingerprint density at radius 3 is 2.41 bits per heavy atom. The van der Waals surface area contributed by atoms with Crippen molar-refractivity contribution in [2.45, 2.75) is 52.8 Å². The number of alkyl halides is 3. The predicted molar refractivity (Wildman–Crippen MR) is 98.4 cm³/mol. The van der Waals surface area contributed by atoms with E-state index in [-0.39, 0.29) is 35.7 Å². The van der Waals surface area contributed by atoms with Crippen LogP contribution in [0.25, 0.3) is 0 Å². The Balaban J connectivity index is 2.60. The second-order valence-corrected chi connectivity index (χ2v) is 7.39. The molecule has 0 atom stereocenters. The molecule has 1 N–H and O–H groups in total. The van der Waals surface area contributed by atoms with Gasteiger partial charge in [-0.05, 0) is 46.6 Å². The standard InChI is InChI=1S/C19H24F3N3O4/c1-6-28-8-7-12-9-23-10-13(14(12)19(20,21)22)29-16-11(2)15(17(26)27)24-25(16)18(3,4)5/h9-10H,6-8H2,1-5H3,(H,26,27). The minimum atomic E-state index is -4.70. The molecule has 0 unspecified atom stereocenters. The normalized spacial score (nSPS) is 12.3. The van der Waals surface area contributed by atoms with Crippen LogP contribution in [0, 0.1) is 6.92 Å². The van der Waals surface area contributed by atoms with Gasteiger partial charge < -0.3 is 14.6 Å². The number of nitrogens with zero attached hydrogens (tertiary/aromatic N) is 3. The Morgan fingerprint density at radius 1 is 1.24 bits per heavy atom. The zero-order valence-corrected chi connectivity index (χ0v) is 16.9. The summed E-state index contributed by atoms with van der Waals surface area (Å²) in [6.07, 6.45) is -2.60. The summed E-state index contributed by atoms with van der Waals surface area (Å²) in [5, 5.41) is 13.4. The topological polar surface area (TPSA) is 86.5 Å². The lowest BCUT2D eigenvalue weighted by Crippen LogP contribution is -2.24. The van der Waals surface area contributed by atoms with Crippen LogP contribution in [-0.2, 0) is 22.9 Å². The van der Waals surface area contributed by atoms with Crippen LogP contribution in [0.4, 0.5) is 13.2 Å². The maximum atomic E-state index is 13.8. The first-order chi connectivity index (χ1) is 13.4. The molecule has 0 spiro atoms. The third-order valence-electron chi connectivity index (χ3n) is 4.11. The van der Waals surface area contributed by atoms with E-state index >= 15 is 0 Å². The van der Waals surface area contributed by atoms with Gasteiger partial charge in [0.1, 0.15) is 5.56 Å². The SMILES string of the molecule is CCOCCc1cncc(Oc2c(C)c(C(=O)O)nn2C(C)(C)C)c1C(F)(F)F. The molecule has 29 heavy (non-hydrogen) atoms.